The van der Waals surface area contributed by atoms with Gasteiger partial charge >= 0.3 is 0 Å². The highest BCUT2D eigenvalue weighted by Gasteiger charge is 2.28. The number of aliphatic hydroxyl groups excluding tert-OH is 1. The predicted molar refractivity (Wildman–Crippen MR) is 88.5 cm³/mol. The van der Waals surface area contributed by atoms with Gasteiger partial charge in [0.05, 0.1) is 11.9 Å². The molecule has 0 aromatic carbocycles. The fourth-order valence-corrected chi connectivity index (χ4v) is 1.77. The minimum Gasteiger partial charge on any atom is -0.391 e. The van der Waals surface area contributed by atoms with Crippen molar-refractivity contribution in [3.05, 3.63) is 0 Å². The number of primary amides is 1. The second kappa shape index (κ2) is 10.7. The molecular formula is C12H24N6O4S. The summed E-state index contributed by atoms with van der Waals surface area (Å²) >= 11 is 3.77. The molecule has 0 unspecified atom stereocenters. The zero-order valence-electron chi connectivity index (χ0n) is 12.9. The molecule has 0 aliphatic carbocycles. The summed E-state index contributed by atoms with van der Waals surface area (Å²) in [6, 6.07) is -2.18. The quantitative estimate of drug-likeness (QED) is 0.0942. The van der Waals surface area contributed by atoms with Crippen molar-refractivity contribution in [1.29, 1.82) is 0 Å². The van der Waals surface area contributed by atoms with E-state index in [9.17, 15) is 19.5 Å². The predicted octanol–water partition coefficient (Wildman–Crippen LogP) is -3.19. The number of aliphatic imine (C=N–C) groups is 1. The zero-order valence-corrected chi connectivity index (χ0v) is 13.8. The highest BCUT2D eigenvalue weighted by atomic mass is 32.1. The number of aliphatic hydroxyl groups is 1. The highest BCUT2D eigenvalue weighted by Crippen LogP contribution is 2.01. The number of nitrogens with one attached hydrogen (secondary N) is 2. The maximum Gasteiger partial charge on any atom is 0.245 e. The second-order valence-electron chi connectivity index (χ2n) is 4.86. The average Bonchev–Trinajstić information content (AvgIpc) is 2.46. The topological polar surface area (TPSA) is 186 Å². The molecule has 0 bridgehead atoms. The van der Waals surface area contributed by atoms with E-state index in [0.29, 0.717) is 6.42 Å². The van der Waals surface area contributed by atoms with Crippen molar-refractivity contribution in [2.75, 3.05) is 12.3 Å². The summed E-state index contributed by atoms with van der Waals surface area (Å²) in [6.07, 6.45) is -0.534. The van der Waals surface area contributed by atoms with E-state index in [1.807, 2.05) is 0 Å². The number of nitrogens with two attached hydrogens (primary N) is 3. The van der Waals surface area contributed by atoms with Gasteiger partial charge in [-0.3, -0.25) is 19.4 Å². The molecule has 0 aliphatic heterocycles. The van der Waals surface area contributed by atoms with Crippen LogP contribution in [0.4, 0.5) is 0 Å². The lowest BCUT2D eigenvalue weighted by Gasteiger charge is -2.23. The van der Waals surface area contributed by atoms with Crippen LogP contribution in [-0.4, -0.2) is 59.3 Å². The Morgan fingerprint density at radius 2 is 1.83 bits per heavy atom. The third kappa shape index (κ3) is 8.88. The molecule has 3 atom stereocenters. The molecule has 0 aliphatic rings. The molecular weight excluding hydrogens is 324 g/mol. The van der Waals surface area contributed by atoms with Crippen molar-refractivity contribution in [1.82, 2.24) is 10.6 Å². The zero-order chi connectivity index (χ0) is 18.0. The van der Waals surface area contributed by atoms with Crippen LogP contribution in [0.25, 0.3) is 0 Å². The van der Waals surface area contributed by atoms with Crippen LogP contribution in [-0.2, 0) is 14.4 Å². The molecule has 0 saturated heterocycles. The van der Waals surface area contributed by atoms with Crippen molar-refractivity contribution >= 4 is 36.3 Å². The minimum absolute atomic E-state index is 0.0757. The Labute approximate surface area is 139 Å². The Morgan fingerprint density at radius 1 is 1.22 bits per heavy atom. The molecule has 10 nitrogen and oxygen atoms in total. The van der Waals surface area contributed by atoms with Crippen molar-refractivity contribution in [3.63, 3.8) is 0 Å². The van der Waals surface area contributed by atoms with Crippen LogP contribution >= 0.6 is 12.6 Å². The third-order valence-electron chi connectivity index (χ3n) is 2.83. The minimum atomic E-state index is -1.21. The van der Waals surface area contributed by atoms with Crippen LogP contribution < -0.4 is 27.8 Å². The lowest BCUT2D eigenvalue weighted by atomic mass is 10.1. The second-order valence-corrected chi connectivity index (χ2v) is 5.17. The molecule has 0 aromatic heterocycles. The van der Waals surface area contributed by atoms with Gasteiger partial charge in [-0.15, -0.1) is 0 Å². The highest BCUT2D eigenvalue weighted by molar-refractivity contribution is 7.81. The molecule has 0 saturated carbocycles. The molecule has 3 amide bonds. The SMILES string of the molecule is C[C@@H](O)[C@H](NC(=O)CS)C(=O)N[C@@H](CCCN=C(N)N)C(N)=O. The lowest BCUT2D eigenvalue weighted by Crippen LogP contribution is -2.56. The lowest BCUT2D eigenvalue weighted by molar-refractivity contribution is -0.133. The number of amides is 3. The molecule has 9 N–H and O–H groups in total. The van der Waals surface area contributed by atoms with Gasteiger partial charge in [-0.25, -0.2) is 0 Å². The number of carbonyl (C=O) groups excluding carboxylic acids is 3. The van der Waals surface area contributed by atoms with Crippen LogP contribution in [0.1, 0.15) is 19.8 Å². The molecule has 0 radical (unpaired) electrons. The van der Waals surface area contributed by atoms with Gasteiger partial charge in [0.15, 0.2) is 5.96 Å². The number of guanidine groups is 1. The van der Waals surface area contributed by atoms with Crippen LogP contribution in [0.5, 0.6) is 0 Å². The normalized spacial score (nSPS) is 14.2. The summed E-state index contributed by atoms with van der Waals surface area (Å²) in [5.74, 6) is -2.21. The van der Waals surface area contributed by atoms with Crippen LogP contribution in [0.3, 0.4) is 0 Å². The fraction of sp³-hybridized carbons (Fsp3) is 0.667. The first-order chi connectivity index (χ1) is 10.7. The van der Waals surface area contributed by atoms with E-state index < -0.39 is 35.9 Å². The molecule has 0 fully saturated rings. The number of hydrogen-bond acceptors (Lipinski definition) is 6. The summed E-state index contributed by atoms with van der Waals surface area (Å²) in [6.45, 7) is 1.61. The van der Waals surface area contributed by atoms with Gasteiger partial charge in [-0.1, -0.05) is 0 Å². The van der Waals surface area contributed by atoms with Crippen LogP contribution in [0.15, 0.2) is 4.99 Å². The largest absolute Gasteiger partial charge is 0.391 e. The van der Waals surface area contributed by atoms with E-state index in [0.717, 1.165) is 0 Å². The van der Waals surface area contributed by atoms with Crippen LogP contribution in [0, 0.1) is 0 Å². The molecule has 0 aromatic rings. The van der Waals surface area contributed by atoms with Gasteiger partial charge in [0.1, 0.15) is 12.1 Å². The van der Waals surface area contributed by atoms with E-state index in [2.05, 4.69) is 28.3 Å². The molecule has 0 heterocycles. The molecule has 11 heteroatoms. The van der Waals surface area contributed by atoms with Gasteiger partial charge in [-0.05, 0) is 19.8 Å². The summed E-state index contributed by atoms with van der Waals surface area (Å²) in [5.41, 5.74) is 15.6. The maximum atomic E-state index is 12.1. The average molecular weight is 348 g/mol. The van der Waals surface area contributed by atoms with Crippen LogP contribution in [0.2, 0.25) is 0 Å². The third-order valence-corrected chi connectivity index (χ3v) is 3.12. The van der Waals surface area contributed by atoms with Gasteiger partial charge < -0.3 is 32.9 Å². The van der Waals surface area contributed by atoms with Gasteiger partial charge in [0.2, 0.25) is 17.7 Å². The Hall–Kier alpha value is -2.01. The maximum absolute atomic E-state index is 12.1. The Bertz CT molecular complexity index is 453. The molecule has 0 rings (SSSR count). The first-order valence-electron chi connectivity index (χ1n) is 6.92. The first kappa shape index (κ1) is 21.0. The van der Waals surface area contributed by atoms with Crippen molar-refractivity contribution in [2.24, 2.45) is 22.2 Å². The summed E-state index contributed by atoms with van der Waals surface area (Å²) in [5, 5.41) is 14.3. The van der Waals surface area contributed by atoms with Crippen molar-refractivity contribution in [3.8, 4) is 0 Å². The number of thiol groups is 1. The number of hydrogen-bond donors (Lipinski definition) is 7. The first-order valence-corrected chi connectivity index (χ1v) is 7.55. The molecule has 23 heavy (non-hydrogen) atoms. The van der Waals surface area contributed by atoms with Crippen molar-refractivity contribution < 1.29 is 19.5 Å². The standard InChI is InChI=1S/C12H24N6O4S/c1-6(19)9(18-8(20)5-23)11(22)17-7(10(13)21)3-2-4-16-12(14)15/h6-7,9,19,23H,2-5H2,1H3,(H2,13,21)(H,17,22)(H,18,20)(H4,14,15,16)/t6-,7+,9+/m1/s1. The smallest absolute Gasteiger partial charge is 0.245 e. The van der Waals surface area contributed by atoms with Crippen molar-refractivity contribution in [2.45, 2.75) is 38.0 Å². The van der Waals surface area contributed by atoms with E-state index >= 15 is 0 Å². The fourth-order valence-electron chi connectivity index (χ4n) is 1.67. The summed E-state index contributed by atoms with van der Waals surface area (Å²) in [7, 11) is 0. The van der Waals surface area contributed by atoms with E-state index in [-0.39, 0.29) is 24.7 Å². The number of carbonyl (C=O) groups is 3. The summed E-state index contributed by atoms with van der Waals surface area (Å²) in [4.78, 5) is 38.6. The van der Waals surface area contributed by atoms with E-state index in [4.69, 9.17) is 17.2 Å². The molecule has 132 valence electrons. The van der Waals surface area contributed by atoms with E-state index in [1.165, 1.54) is 6.92 Å². The Kier molecular flexibility index (Phi) is 9.74. The van der Waals surface area contributed by atoms with Gasteiger partial charge in [-0.2, -0.15) is 12.6 Å². The number of rotatable bonds is 10. The Morgan fingerprint density at radius 3 is 2.26 bits per heavy atom. The van der Waals surface area contributed by atoms with Gasteiger partial charge in [0, 0.05) is 6.54 Å². The monoisotopic (exact) mass is 348 g/mol. The summed E-state index contributed by atoms with van der Waals surface area (Å²) < 4.78 is 0. The van der Waals surface area contributed by atoms with E-state index in [1.54, 1.807) is 0 Å². The Balaban J connectivity index is 4.70. The number of nitrogens with zero attached hydrogens (tertiary/aromatic N) is 1. The molecule has 0 spiro atoms. The van der Waals surface area contributed by atoms with Gasteiger partial charge in [0.25, 0.3) is 0 Å².